The van der Waals surface area contributed by atoms with Crippen molar-refractivity contribution in [3.63, 3.8) is 0 Å². The summed E-state index contributed by atoms with van der Waals surface area (Å²) in [5, 5.41) is 6.04. The Morgan fingerprint density at radius 3 is 2.71 bits per heavy atom. The molecule has 0 radical (unpaired) electrons. The summed E-state index contributed by atoms with van der Waals surface area (Å²) in [5.74, 6) is 0.519. The number of nitrogens with one attached hydrogen (secondary N) is 1. The highest BCUT2D eigenvalue weighted by Gasteiger charge is 2.06. The Hall–Kier alpha value is -2.35. The maximum absolute atomic E-state index is 4.19. The zero-order chi connectivity index (χ0) is 14.7. The van der Waals surface area contributed by atoms with E-state index in [1.807, 2.05) is 12.4 Å². The number of aromatic nitrogens is 1. The van der Waals surface area contributed by atoms with Gasteiger partial charge < -0.3 is 5.32 Å². The summed E-state index contributed by atoms with van der Waals surface area (Å²) in [4.78, 5) is 4.19. The molecule has 1 aromatic heterocycles. The van der Waals surface area contributed by atoms with Crippen molar-refractivity contribution in [3.05, 3.63) is 72.1 Å². The first-order valence-electron chi connectivity index (χ1n) is 7.40. The molecule has 106 valence electrons. The fourth-order valence-corrected chi connectivity index (χ4v) is 2.70. The molecule has 0 bridgehead atoms. The first-order valence-corrected chi connectivity index (χ1v) is 7.40. The smallest absolute Gasteiger partial charge is 0.0407 e. The van der Waals surface area contributed by atoms with Crippen LogP contribution in [0, 0.1) is 0 Å². The molecule has 0 saturated heterocycles. The van der Waals surface area contributed by atoms with E-state index in [9.17, 15) is 0 Å². The highest BCUT2D eigenvalue weighted by Crippen LogP contribution is 2.25. The quantitative estimate of drug-likeness (QED) is 0.727. The van der Waals surface area contributed by atoms with Gasteiger partial charge in [0, 0.05) is 30.0 Å². The maximum atomic E-state index is 4.19. The number of hydrogen-bond acceptors (Lipinski definition) is 2. The molecule has 0 atom stereocenters. The number of benzene rings is 2. The van der Waals surface area contributed by atoms with Crippen LogP contribution in [0.3, 0.4) is 0 Å². The van der Waals surface area contributed by atoms with Crippen LogP contribution in [0.5, 0.6) is 0 Å². The predicted octanol–water partition coefficient (Wildman–Crippen LogP) is 4.97. The zero-order valence-electron chi connectivity index (χ0n) is 12.5. The maximum Gasteiger partial charge on any atom is 0.0407 e. The van der Waals surface area contributed by atoms with Crippen molar-refractivity contribution in [3.8, 4) is 0 Å². The van der Waals surface area contributed by atoms with Gasteiger partial charge in [0.2, 0.25) is 0 Å². The number of para-hydroxylation sites is 1. The highest BCUT2D eigenvalue weighted by atomic mass is 14.9. The van der Waals surface area contributed by atoms with Gasteiger partial charge in [-0.15, -0.1) is 0 Å². The van der Waals surface area contributed by atoms with Crippen LogP contribution >= 0.6 is 0 Å². The van der Waals surface area contributed by atoms with Gasteiger partial charge in [-0.05, 0) is 34.6 Å². The first-order chi connectivity index (χ1) is 10.3. The van der Waals surface area contributed by atoms with Crippen molar-refractivity contribution < 1.29 is 0 Å². The van der Waals surface area contributed by atoms with Crippen molar-refractivity contribution >= 4 is 16.5 Å². The largest absolute Gasteiger partial charge is 0.381 e. The second kappa shape index (κ2) is 5.96. The van der Waals surface area contributed by atoms with Gasteiger partial charge in [-0.25, -0.2) is 0 Å². The Kier molecular flexibility index (Phi) is 3.87. The second-order valence-electron chi connectivity index (χ2n) is 5.61. The highest BCUT2D eigenvalue weighted by molar-refractivity contribution is 5.85. The molecule has 0 aliphatic heterocycles. The van der Waals surface area contributed by atoms with E-state index in [0.29, 0.717) is 5.92 Å². The molecular weight excluding hydrogens is 256 g/mol. The van der Waals surface area contributed by atoms with E-state index < -0.39 is 0 Å². The standard InChI is InChI=1S/C19H20N2/c1-14(2)17-8-3-4-9-19(17)21-13-16-7-5-6-15-12-20-11-10-18(15)16/h3-12,14,21H,13H2,1-2H3. The Balaban J connectivity index is 1.87. The van der Waals surface area contributed by atoms with Crippen molar-refractivity contribution in [2.75, 3.05) is 5.32 Å². The van der Waals surface area contributed by atoms with Crippen molar-refractivity contribution in [1.82, 2.24) is 4.98 Å². The third kappa shape index (κ3) is 2.89. The van der Waals surface area contributed by atoms with Crippen LogP contribution in [-0.4, -0.2) is 4.98 Å². The van der Waals surface area contributed by atoms with Crippen LogP contribution in [-0.2, 0) is 6.54 Å². The number of anilines is 1. The number of nitrogens with zero attached hydrogens (tertiary/aromatic N) is 1. The molecule has 21 heavy (non-hydrogen) atoms. The van der Waals surface area contributed by atoms with Gasteiger partial charge in [0.25, 0.3) is 0 Å². The van der Waals surface area contributed by atoms with Crippen LogP contribution in [0.15, 0.2) is 60.9 Å². The van der Waals surface area contributed by atoms with Crippen molar-refractivity contribution in [2.24, 2.45) is 0 Å². The summed E-state index contributed by atoms with van der Waals surface area (Å²) in [6.07, 6.45) is 3.77. The molecule has 0 fully saturated rings. The molecule has 1 N–H and O–H groups in total. The predicted molar refractivity (Wildman–Crippen MR) is 89.6 cm³/mol. The molecule has 3 rings (SSSR count). The van der Waals surface area contributed by atoms with Crippen LogP contribution in [0.2, 0.25) is 0 Å². The number of rotatable bonds is 4. The summed E-state index contributed by atoms with van der Waals surface area (Å²) in [5.41, 5.74) is 3.88. The van der Waals surface area contributed by atoms with Gasteiger partial charge in [-0.1, -0.05) is 50.2 Å². The van der Waals surface area contributed by atoms with Crippen LogP contribution in [0.25, 0.3) is 10.8 Å². The lowest BCUT2D eigenvalue weighted by atomic mass is 10.0. The van der Waals surface area contributed by atoms with E-state index in [2.05, 4.69) is 72.7 Å². The lowest BCUT2D eigenvalue weighted by Gasteiger charge is -2.15. The molecule has 3 aromatic rings. The first kappa shape index (κ1) is 13.6. The molecule has 0 spiro atoms. The van der Waals surface area contributed by atoms with Gasteiger partial charge in [0.15, 0.2) is 0 Å². The molecule has 0 amide bonds. The fourth-order valence-electron chi connectivity index (χ4n) is 2.70. The van der Waals surface area contributed by atoms with E-state index in [1.165, 1.54) is 27.6 Å². The molecular formula is C19H20N2. The van der Waals surface area contributed by atoms with E-state index in [1.54, 1.807) is 0 Å². The molecule has 2 nitrogen and oxygen atoms in total. The summed E-state index contributed by atoms with van der Waals surface area (Å²) < 4.78 is 0. The average Bonchev–Trinajstić information content (AvgIpc) is 2.53. The van der Waals surface area contributed by atoms with Gasteiger partial charge >= 0.3 is 0 Å². The van der Waals surface area contributed by atoms with Crippen molar-refractivity contribution in [1.29, 1.82) is 0 Å². The minimum atomic E-state index is 0.519. The van der Waals surface area contributed by atoms with Crippen LogP contribution in [0.1, 0.15) is 30.9 Å². The van der Waals surface area contributed by atoms with E-state index in [4.69, 9.17) is 0 Å². The SMILES string of the molecule is CC(C)c1ccccc1NCc1cccc2cnccc12. The lowest BCUT2D eigenvalue weighted by molar-refractivity contribution is 0.865. The molecule has 0 aliphatic rings. The summed E-state index contributed by atoms with van der Waals surface area (Å²) >= 11 is 0. The third-order valence-electron chi connectivity index (χ3n) is 3.82. The molecule has 0 unspecified atom stereocenters. The van der Waals surface area contributed by atoms with Crippen molar-refractivity contribution in [2.45, 2.75) is 26.3 Å². The van der Waals surface area contributed by atoms with Gasteiger partial charge in [0.05, 0.1) is 0 Å². The normalized spacial score (nSPS) is 11.0. The topological polar surface area (TPSA) is 24.9 Å². The molecule has 0 aliphatic carbocycles. The lowest BCUT2D eigenvalue weighted by Crippen LogP contribution is -2.03. The minimum Gasteiger partial charge on any atom is -0.381 e. The molecule has 0 saturated carbocycles. The molecule has 2 aromatic carbocycles. The summed E-state index contributed by atoms with van der Waals surface area (Å²) in [6.45, 7) is 5.28. The Morgan fingerprint density at radius 2 is 1.86 bits per heavy atom. The van der Waals surface area contributed by atoms with E-state index >= 15 is 0 Å². The van der Waals surface area contributed by atoms with Gasteiger partial charge in [-0.3, -0.25) is 4.98 Å². The van der Waals surface area contributed by atoms with Crippen LogP contribution < -0.4 is 5.32 Å². The van der Waals surface area contributed by atoms with E-state index in [-0.39, 0.29) is 0 Å². The summed E-state index contributed by atoms with van der Waals surface area (Å²) in [7, 11) is 0. The summed E-state index contributed by atoms with van der Waals surface area (Å²) in [6, 6.07) is 17.0. The van der Waals surface area contributed by atoms with Gasteiger partial charge in [0.1, 0.15) is 0 Å². The minimum absolute atomic E-state index is 0.519. The number of pyridine rings is 1. The second-order valence-corrected chi connectivity index (χ2v) is 5.61. The Bertz CT molecular complexity index is 742. The fraction of sp³-hybridized carbons (Fsp3) is 0.211. The van der Waals surface area contributed by atoms with Crippen LogP contribution in [0.4, 0.5) is 5.69 Å². The average molecular weight is 276 g/mol. The Morgan fingerprint density at radius 1 is 1.00 bits per heavy atom. The number of hydrogen-bond donors (Lipinski definition) is 1. The molecule has 2 heteroatoms. The monoisotopic (exact) mass is 276 g/mol. The number of fused-ring (bicyclic) bond motifs is 1. The van der Waals surface area contributed by atoms with Gasteiger partial charge in [-0.2, -0.15) is 0 Å². The molecule has 1 heterocycles. The zero-order valence-corrected chi connectivity index (χ0v) is 12.5. The third-order valence-corrected chi connectivity index (χ3v) is 3.82. The Labute approximate surface area is 125 Å². The van der Waals surface area contributed by atoms with E-state index in [0.717, 1.165) is 6.54 Å².